The smallest absolute Gasteiger partial charge is 0.142 e. The van der Waals surface area contributed by atoms with Crippen LogP contribution in [0.1, 0.15) is 11.1 Å². The van der Waals surface area contributed by atoms with Crippen LogP contribution >= 0.6 is 0 Å². The van der Waals surface area contributed by atoms with Crippen LogP contribution in [0.25, 0.3) is 33.9 Å². The van der Waals surface area contributed by atoms with E-state index in [0.717, 1.165) is 22.5 Å². The van der Waals surface area contributed by atoms with Gasteiger partial charge in [-0.3, -0.25) is 4.98 Å². The summed E-state index contributed by atoms with van der Waals surface area (Å²) in [6.07, 6.45) is 5.08. The molecule has 0 atom stereocenters. The summed E-state index contributed by atoms with van der Waals surface area (Å²) in [5.41, 5.74) is 4.60. The third kappa shape index (κ3) is 2.28. The van der Waals surface area contributed by atoms with Gasteiger partial charge in [-0.1, -0.05) is 6.07 Å². The van der Waals surface area contributed by atoms with Gasteiger partial charge in [0.1, 0.15) is 23.2 Å². The Morgan fingerprint density at radius 1 is 1.11 bits per heavy atom. The Morgan fingerprint density at radius 2 is 2.00 bits per heavy atom. The van der Waals surface area contributed by atoms with E-state index >= 15 is 0 Å². The molecule has 1 aliphatic rings. The van der Waals surface area contributed by atoms with Crippen LogP contribution in [0, 0.1) is 24.1 Å². The summed E-state index contributed by atoms with van der Waals surface area (Å²) in [7, 11) is 0. The van der Waals surface area contributed by atoms with E-state index in [1.54, 1.807) is 37.6 Å². The van der Waals surface area contributed by atoms with Crippen LogP contribution in [0.2, 0.25) is 0 Å². The molecule has 5 rings (SSSR count). The Kier molecular flexibility index (Phi) is 3.46. The second-order valence-corrected chi connectivity index (χ2v) is 6.49. The van der Waals surface area contributed by atoms with Crippen LogP contribution in [-0.2, 0) is 0 Å². The fraction of sp³-hybridized carbons (Fsp3) is 0.0476. The highest BCUT2D eigenvalue weighted by molar-refractivity contribution is 5.95. The average molecular weight is 368 g/mol. The third-order valence-electron chi connectivity index (χ3n) is 4.80. The highest BCUT2D eigenvalue weighted by Gasteiger charge is 2.26. The Balaban J connectivity index is 1.84. The number of imidazole rings is 1. The number of nitriles is 1. The van der Waals surface area contributed by atoms with E-state index in [9.17, 15) is 9.65 Å². The lowest BCUT2D eigenvalue weighted by atomic mass is 10.0. The van der Waals surface area contributed by atoms with Gasteiger partial charge >= 0.3 is 0 Å². The normalized spacial score (nSPS) is 11.5. The van der Waals surface area contributed by atoms with Crippen molar-refractivity contribution < 1.29 is 4.39 Å². The molecule has 4 heterocycles. The van der Waals surface area contributed by atoms with Gasteiger partial charge < -0.3 is 10.3 Å². The largest absolute Gasteiger partial charge is 0.338 e. The number of halogens is 1. The van der Waals surface area contributed by atoms with Gasteiger partial charge in [0.05, 0.1) is 34.8 Å². The van der Waals surface area contributed by atoms with Gasteiger partial charge in [0.15, 0.2) is 0 Å². The number of aromatic nitrogens is 4. The number of nitrogens with zero attached hydrogens (tertiary/aromatic N) is 4. The molecule has 0 saturated carbocycles. The van der Waals surface area contributed by atoms with Crippen LogP contribution in [0.3, 0.4) is 0 Å². The van der Waals surface area contributed by atoms with Crippen LogP contribution in [0.5, 0.6) is 0 Å². The standard InChI is InChI=1S/C21H13FN6/c1-11-4-5-12(9-23)16(17(11)22)21-27-18-13-6-8-24-10-15(13)26-20-14(19(18)28-21)3-2-7-25-20/h2-8,10H,1H3,(H,25,26)(H,27,28). The number of pyridine rings is 2. The summed E-state index contributed by atoms with van der Waals surface area (Å²) in [6.45, 7) is 1.66. The van der Waals surface area contributed by atoms with Gasteiger partial charge in [-0.2, -0.15) is 5.26 Å². The number of H-pyrrole nitrogens is 1. The Hall–Kier alpha value is -4.05. The van der Waals surface area contributed by atoms with E-state index in [-0.39, 0.29) is 11.1 Å². The lowest BCUT2D eigenvalue weighted by Crippen LogP contribution is -1.97. The van der Waals surface area contributed by atoms with Gasteiger partial charge in [0.25, 0.3) is 0 Å². The summed E-state index contributed by atoms with van der Waals surface area (Å²) < 4.78 is 14.9. The molecule has 28 heavy (non-hydrogen) atoms. The van der Waals surface area contributed by atoms with E-state index in [1.807, 2.05) is 18.2 Å². The molecule has 0 unspecified atom stereocenters. The first-order valence-electron chi connectivity index (χ1n) is 8.63. The maximum Gasteiger partial charge on any atom is 0.142 e. The molecule has 2 N–H and O–H groups in total. The average Bonchev–Trinajstić information content (AvgIpc) is 3.10. The fourth-order valence-corrected chi connectivity index (χ4v) is 3.42. The number of fused-ring (bicyclic) bond motifs is 5. The van der Waals surface area contributed by atoms with E-state index < -0.39 is 5.82 Å². The number of anilines is 2. The SMILES string of the molecule is Cc1ccc(C#N)c(-c2nc3c([nH]2)-c2ccncc2Nc2ncccc2-3)c1F. The summed E-state index contributed by atoms with van der Waals surface area (Å²) in [5.74, 6) is 0.489. The quantitative estimate of drug-likeness (QED) is 0.452. The summed E-state index contributed by atoms with van der Waals surface area (Å²) in [6, 6.07) is 10.8. The summed E-state index contributed by atoms with van der Waals surface area (Å²) in [4.78, 5) is 16.5. The van der Waals surface area contributed by atoms with Crippen LogP contribution in [0.4, 0.5) is 15.9 Å². The molecule has 6 nitrogen and oxygen atoms in total. The molecule has 0 saturated heterocycles. The van der Waals surface area contributed by atoms with Gasteiger partial charge in [-0.25, -0.2) is 14.4 Å². The molecule has 0 spiro atoms. The predicted octanol–water partition coefficient (Wildman–Crippen LogP) is 4.58. The zero-order chi connectivity index (χ0) is 19.3. The number of aryl methyl sites for hydroxylation is 1. The van der Waals surface area contributed by atoms with E-state index in [0.29, 0.717) is 22.9 Å². The molecular weight excluding hydrogens is 355 g/mol. The van der Waals surface area contributed by atoms with Crippen molar-refractivity contribution in [1.82, 2.24) is 19.9 Å². The molecule has 1 aliphatic heterocycles. The lowest BCUT2D eigenvalue weighted by Gasteiger charge is -2.08. The van der Waals surface area contributed by atoms with Crippen LogP contribution in [0.15, 0.2) is 48.9 Å². The van der Waals surface area contributed by atoms with Crippen molar-refractivity contribution >= 4 is 11.5 Å². The highest BCUT2D eigenvalue weighted by Crippen LogP contribution is 2.43. The maximum absolute atomic E-state index is 14.9. The molecule has 4 aromatic rings. The van der Waals surface area contributed by atoms with Gasteiger partial charge in [0, 0.05) is 23.5 Å². The van der Waals surface area contributed by atoms with Crippen molar-refractivity contribution in [3.8, 4) is 40.0 Å². The first kappa shape index (κ1) is 16.1. The molecule has 0 fully saturated rings. The zero-order valence-corrected chi connectivity index (χ0v) is 14.8. The molecule has 0 amide bonds. The van der Waals surface area contributed by atoms with Gasteiger partial charge in [-0.15, -0.1) is 0 Å². The molecule has 1 aromatic carbocycles. The Bertz CT molecular complexity index is 1220. The Labute approximate surface area is 159 Å². The topological polar surface area (TPSA) is 90.3 Å². The summed E-state index contributed by atoms with van der Waals surface area (Å²) in [5, 5.41) is 12.8. The monoisotopic (exact) mass is 368 g/mol. The zero-order valence-electron chi connectivity index (χ0n) is 14.8. The number of rotatable bonds is 1. The minimum atomic E-state index is -0.456. The molecule has 3 aromatic heterocycles. The van der Waals surface area contributed by atoms with Crippen molar-refractivity contribution in [3.63, 3.8) is 0 Å². The number of aromatic amines is 1. The minimum absolute atomic E-state index is 0.171. The number of hydrogen-bond donors (Lipinski definition) is 2. The fourth-order valence-electron chi connectivity index (χ4n) is 3.42. The van der Waals surface area contributed by atoms with Crippen molar-refractivity contribution in [1.29, 1.82) is 5.26 Å². The van der Waals surface area contributed by atoms with Crippen molar-refractivity contribution in [2.45, 2.75) is 6.92 Å². The first-order valence-corrected chi connectivity index (χ1v) is 8.63. The molecular formula is C21H13FN6. The molecule has 0 aliphatic carbocycles. The third-order valence-corrected chi connectivity index (χ3v) is 4.80. The summed E-state index contributed by atoms with van der Waals surface area (Å²) >= 11 is 0. The molecule has 0 radical (unpaired) electrons. The molecule has 134 valence electrons. The van der Waals surface area contributed by atoms with Crippen LogP contribution in [-0.4, -0.2) is 19.9 Å². The van der Waals surface area contributed by atoms with E-state index in [2.05, 4.69) is 31.3 Å². The molecule has 0 bridgehead atoms. The molecule has 7 heteroatoms. The van der Waals surface area contributed by atoms with Crippen molar-refractivity contribution in [2.24, 2.45) is 0 Å². The van der Waals surface area contributed by atoms with Gasteiger partial charge in [0.2, 0.25) is 0 Å². The first-order chi connectivity index (χ1) is 13.7. The lowest BCUT2D eigenvalue weighted by molar-refractivity contribution is 0.620. The van der Waals surface area contributed by atoms with E-state index in [4.69, 9.17) is 0 Å². The van der Waals surface area contributed by atoms with Crippen molar-refractivity contribution in [2.75, 3.05) is 5.32 Å². The van der Waals surface area contributed by atoms with E-state index in [1.165, 1.54) is 0 Å². The maximum atomic E-state index is 14.9. The second-order valence-electron chi connectivity index (χ2n) is 6.49. The predicted molar refractivity (Wildman–Crippen MR) is 103 cm³/mol. The minimum Gasteiger partial charge on any atom is -0.338 e. The van der Waals surface area contributed by atoms with Crippen LogP contribution < -0.4 is 5.32 Å². The number of nitrogens with one attached hydrogen (secondary N) is 2. The van der Waals surface area contributed by atoms with Gasteiger partial charge in [-0.05, 0) is 36.8 Å². The second kappa shape index (κ2) is 5.99. The number of benzene rings is 1. The Morgan fingerprint density at radius 3 is 2.86 bits per heavy atom. The van der Waals surface area contributed by atoms with Crippen molar-refractivity contribution in [3.05, 3.63) is 65.9 Å². The highest BCUT2D eigenvalue weighted by atomic mass is 19.1. The number of hydrogen-bond acceptors (Lipinski definition) is 5.